The summed E-state index contributed by atoms with van der Waals surface area (Å²) in [5, 5.41) is 12.2. The number of aromatic nitrogens is 1. The van der Waals surface area contributed by atoms with Gasteiger partial charge in [0.05, 0.1) is 6.61 Å². The molecule has 0 amide bonds. The molecule has 0 radical (unpaired) electrons. The molecule has 0 atom stereocenters. The van der Waals surface area contributed by atoms with Crippen LogP contribution in [-0.2, 0) is 11.3 Å². The van der Waals surface area contributed by atoms with E-state index in [-0.39, 0.29) is 17.0 Å². The Labute approximate surface area is 102 Å². The van der Waals surface area contributed by atoms with Gasteiger partial charge in [0.15, 0.2) is 0 Å². The molecule has 0 unspecified atom stereocenters. The van der Waals surface area contributed by atoms with E-state index in [1.54, 1.807) is 6.07 Å². The molecule has 0 saturated heterocycles. The number of carbonyl (C=O) groups is 1. The molecule has 0 bridgehead atoms. The highest BCUT2D eigenvalue weighted by atomic mass is 19.1. The van der Waals surface area contributed by atoms with Crippen LogP contribution in [0.25, 0.3) is 11.3 Å². The number of carboxylic acids is 1. The molecule has 6 heteroatoms. The summed E-state index contributed by atoms with van der Waals surface area (Å²) in [6.45, 7) is 0.302. The van der Waals surface area contributed by atoms with Gasteiger partial charge in [-0.1, -0.05) is 11.2 Å². The van der Waals surface area contributed by atoms with Gasteiger partial charge >= 0.3 is 5.97 Å². The molecule has 1 aromatic carbocycles. The van der Waals surface area contributed by atoms with Crippen molar-refractivity contribution in [1.82, 2.24) is 5.16 Å². The summed E-state index contributed by atoms with van der Waals surface area (Å²) in [7, 11) is 1.52. The molecule has 1 heterocycles. The summed E-state index contributed by atoms with van der Waals surface area (Å²) in [6.07, 6.45) is 0. The first-order valence-corrected chi connectivity index (χ1v) is 5.09. The predicted molar refractivity (Wildman–Crippen MR) is 59.6 cm³/mol. The smallest absolute Gasteiger partial charge is 0.374 e. The first kappa shape index (κ1) is 12.3. The lowest BCUT2D eigenvalue weighted by Gasteiger charge is -2.02. The number of rotatable bonds is 4. The lowest BCUT2D eigenvalue weighted by Crippen LogP contribution is -1.92. The Morgan fingerprint density at radius 2 is 2.28 bits per heavy atom. The lowest BCUT2D eigenvalue weighted by molar-refractivity contribution is 0.0652. The van der Waals surface area contributed by atoms with Crippen molar-refractivity contribution in [2.75, 3.05) is 7.11 Å². The molecule has 5 nitrogen and oxygen atoms in total. The Kier molecular flexibility index (Phi) is 3.38. The molecule has 0 aliphatic heterocycles. The highest BCUT2D eigenvalue weighted by molar-refractivity contribution is 5.85. The second kappa shape index (κ2) is 4.97. The van der Waals surface area contributed by atoms with Crippen LogP contribution in [0.2, 0.25) is 0 Å². The van der Waals surface area contributed by atoms with Gasteiger partial charge in [-0.3, -0.25) is 0 Å². The maximum absolute atomic E-state index is 13.8. The number of ether oxygens (including phenoxy) is 1. The Balaban J connectivity index is 2.35. The zero-order valence-corrected chi connectivity index (χ0v) is 9.51. The Hall–Kier alpha value is -2.21. The van der Waals surface area contributed by atoms with Crippen LogP contribution in [0.5, 0.6) is 0 Å². The van der Waals surface area contributed by atoms with E-state index in [1.165, 1.54) is 25.3 Å². The first-order valence-electron chi connectivity index (χ1n) is 5.09. The van der Waals surface area contributed by atoms with E-state index in [1.807, 2.05) is 0 Å². The standard InChI is InChI=1S/C12H10FNO4/c1-17-6-7-2-3-8(9(13)4-7)10-5-11(12(15)16)18-14-10/h2-5H,6H2,1H3,(H,15,16). The van der Waals surface area contributed by atoms with Crippen LogP contribution in [0.1, 0.15) is 16.1 Å². The number of hydrogen-bond donors (Lipinski definition) is 1. The van der Waals surface area contributed by atoms with Gasteiger partial charge < -0.3 is 14.4 Å². The van der Waals surface area contributed by atoms with Crippen molar-refractivity contribution in [1.29, 1.82) is 0 Å². The molecular weight excluding hydrogens is 241 g/mol. The zero-order chi connectivity index (χ0) is 13.1. The van der Waals surface area contributed by atoms with Crippen molar-refractivity contribution in [3.63, 3.8) is 0 Å². The minimum atomic E-state index is -1.25. The average Bonchev–Trinajstić information content (AvgIpc) is 2.79. The van der Waals surface area contributed by atoms with Gasteiger partial charge in [-0.05, 0) is 17.7 Å². The van der Waals surface area contributed by atoms with Gasteiger partial charge in [0, 0.05) is 18.7 Å². The van der Waals surface area contributed by atoms with Gasteiger partial charge in [-0.15, -0.1) is 0 Å². The van der Waals surface area contributed by atoms with E-state index in [0.717, 1.165) is 0 Å². The van der Waals surface area contributed by atoms with E-state index in [9.17, 15) is 9.18 Å². The molecule has 0 fully saturated rings. The van der Waals surface area contributed by atoms with E-state index in [0.29, 0.717) is 12.2 Å². The molecule has 0 aliphatic carbocycles. The second-order valence-electron chi connectivity index (χ2n) is 3.63. The Morgan fingerprint density at radius 3 is 2.83 bits per heavy atom. The van der Waals surface area contributed by atoms with E-state index >= 15 is 0 Å². The maximum atomic E-state index is 13.8. The molecular formula is C12H10FNO4. The second-order valence-corrected chi connectivity index (χ2v) is 3.63. The fourth-order valence-electron chi connectivity index (χ4n) is 1.53. The number of nitrogens with zero attached hydrogens (tertiary/aromatic N) is 1. The van der Waals surface area contributed by atoms with Crippen LogP contribution in [0.15, 0.2) is 28.8 Å². The summed E-state index contributed by atoms with van der Waals surface area (Å²) in [4.78, 5) is 10.6. The molecule has 0 aliphatic rings. The Morgan fingerprint density at radius 1 is 1.50 bits per heavy atom. The molecule has 94 valence electrons. The summed E-state index contributed by atoms with van der Waals surface area (Å²) in [5.41, 5.74) is 1.01. The van der Waals surface area contributed by atoms with Gasteiger partial charge in [0.2, 0.25) is 5.76 Å². The number of aromatic carboxylic acids is 1. The van der Waals surface area contributed by atoms with Crippen LogP contribution in [0.3, 0.4) is 0 Å². The highest BCUT2D eigenvalue weighted by Gasteiger charge is 2.15. The monoisotopic (exact) mass is 251 g/mol. The minimum absolute atomic E-state index is 0.147. The topological polar surface area (TPSA) is 72.6 Å². The molecule has 18 heavy (non-hydrogen) atoms. The minimum Gasteiger partial charge on any atom is -0.475 e. The van der Waals surface area contributed by atoms with Crippen molar-refractivity contribution in [3.8, 4) is 11.3 Å². The van der Waals surface area contributed by atoms with Crippen molar-refractivity contribution >= 4 is 5.97 Å². The third kappa shape index (κ3) is 2.38. The van der Waals surface area contributed by atoms with E-state index in [2.05, 4.69) is 9.68 Å². The number of methoxy groups -OCH3 is 1. The summed E-state index contributed by atoms with van der Waals surface area (Å²) >= 11 is 0. The molecule has 0 saturated carbocycles. The van der Waals surface area contributed by atoms with Crippen LogP contribution >= 0.6 is 0 Å². The third-order valence-corrected chi connectivity index (χ3v) is 2.34. The number of halogens is 1. The fourth-order valence-corrected chi connectivity index (χ4v) is 1.53. The average molecular weight is 251 g/mol. The summed E-state index contributed by atoms with van der Waals surface area (Å²) in [5.74, 6) is -2.08. The first-order chi connectivity index (χ1) is 8.61. The number of carboxylic acid groups (broad SMARTS) is 1. The SMILES string of the molecule is COCc1ccc(-c2cc(C(=O)O)on2)c(F)c1. The molecule has 0 spiro atoms. The van der Waals surface area contributed by atoms with Crippen LogP contribution < -0.4 is 0 Å². The van der Waals surface area contributed by atoms with E-state index < -0.39 is 11.8 Å². The van der Waals surface area contributed by atoms with Crippen molar-refractivity contribution < 1.29 is 23.6 Å². The van der Waals surface area contributed by atoms with Crippen molar-refractivity contribution in [3.05, 3.63) is 41.4 Å². The van der Waals surface area contributed by atoms with Crippen LogP contribution in [0.4, 0.5) is 4.39 Å². The lowest BCUT2D eigenvalue weighted by atomic mass is 10.1. The zero-order valence-electron chi connectivity index (χ0n) is 9.51. The van der Waals surface area contributed by atoms with Gasteiger partial charge in [0.1, 0.15) is 11.5 Å². The van der Waals surface area contributed by atoms with Gasteiger partial charge in [-0.2, -0.15) is 0 Å². The predicted octanol–water partition coefficient (Wildman–Crippen LogP) is 2.33. The van der Waals surface area contributed by atoms with Gasteiger partial charge in [-0.25, -0.2) is 9.18 Å². The largest absolute Gasteiger partial charge is 0.475 e. The molecule has 2 rings (SSSR count). The normalized spacial score (nSPS) is 10.6. The highest BCUT2D eigenvalue weighted by Crippen LogP contribution is 2.23. The maximum Gasteiger partial charge on any atom is 0.374 e. The van der Waals surface area contributed by atoms with Crippen LogP contribution in [-0.4, -0.2) is 23.3 Å². The molecule has 1 aromatic heterocycles. The van der Waals surface area contributed by atoms with Crippen LogP contribution in [0, 0.1) is 5.82 Å². The van der Waals surface area contributed by atoms with Gasteiger partial charge in [0.25, 0.3) is 0 Å². The molecule has 1 N–H and O–H groups in total. The number of benzene rings is 1. The Bertz CT molecular complexity index is 579. The fraction of sp³-hybridized carbons (Fsp3) is 0.167. The van der Waals surface area contributed by atoms with Crippen molar-refractivity contribution in [2.45, 2.75) is 6.61 Å². The number of hydrogen-bond acceptors (Lipinski definition) is 4. The quantitative estimate of drug-likeness (QED) is 0.902. The summed E-state index contributed by atoms with van der Waals surface area (Å²) in [6, 6.07) is 5.68. The van der Waals surface area contributed by atoms with E-state index in [4.69, 9.17) is 9.84 Å². The summed E-state index contributed by atoms with van der Waals surface area (Å²) < 4.78 is 23.2. The van der Waals surface area contributed by atoms with Crippen molar-refractivity contribution in [2.24, 2.45) is 0 Å². The third-order valence-electron chi connectivity index (χ3n) is 2.34. The molecule has 2 aromatic rings.